The van der Waals surface area contributed by atoms with E-state index in [1.165, 1.54) is 12.5 Å². The van der Waals surface area contributed by atoms with Crippen LogP contribution in [0.1, 0.15) is 28.8 Å². The molecule has 1 unspecified atom stereocenters. The number of hydrogen-bond acceptors (Lipinski definition) is 8. The van der Waals surface area contributed by atoms with Crippen LogP contribution < -0.4 is 16.4 Å². The second-order valence-corrected chi connectivity index (χ2v) is 8.68. The highest BCUT2D eigenvalue weighted by Gasteiger charge is 2.15. The Hall–Kier alpha value is -4.64. The van der Waals surface area contributed by atoms with E-state index in [0.29, 0.717) is 41.9 Å². The van der Waals surface area contributed by atoms with E-state index in [4.69, 9.17) is 17.3 Å². The van der Waals surface area contributed by atoms with Crippen molar-refractivity contribution in [2.75, 3.05) is 5.73 Å². The number of nitrogen functional groups attached to an aromatic ring is 1. The van der Waals surface area contributed by atoms with Gasteiger partial charge in [-0.1, -0.05) is 48.0 Å². The molecular weight excluding hydrogens is 506 g/mol. The monoisotopic (exact) mass is 531 g/mol. The number of pyridine rings is 1. The molecule has 11 nitrogen and oxygen atoms in total. The lowest BCUT2D eigenvalue weighted by atomic mass is 10.1. The molecule has 0 saturated heterocycles. The fourth-order valence-corrected chi connectivity index (χ4v) is 3.85. The predicted molar refractivity (Wildman–Crippen MR) is 146 cm³/mol. The SMILES string of the molecule is C=CCC(CC=Nc1ccc(C(=O)NCc2ccccc2)cn1)NC(=O)Cn1cnc2c(Cl)nc(N)nc21. The minimum Gasteiger partial charge on any atom is -0.368 e. The predicted octanol–water partition coefficient (Wildman–Crippen LogP) is 3.24. The maximum absolute atomic E-state index is 12.7. The molecule has 0 radical (unpaired) electrons. The molecular formula is C26H26ClN9O2. The Kier molecular flexibility index (Phi) is 8.73. The van der Waals surface area contributed by atoms with Gasteiger partial charge in [-0.2, -0.15) is 9.97 Å². The number of aromatic nitrogens is 5. The molecule has 0 aliphatic heterocycles. The van der Waals surface area contributed by atoms with Gasteiger partial charge < -0.3 is 20.9 Å². The number of carbonyl (C=O) groups excluding carboxylic acids is 2. The van der Waals surface area contributed by atoms with Crippen molar-refractivity contribution in [2.45, 2.75) is 32.0 Å². The summed E-state index contributed by atoms with van der Waals surface area (Å²) >= 11 is 6.05. The average Bonchev–Trinajstić information content (AvgIpc) is 3.30. The topological polar surface area (TPSA) is 153 Å². The highest BCUT2D eigenvalue weighted by atomic mass is 35.5. The summed E-state index contributed by atoms with van der Waals surface area (Å²) < 4.78 is 1.55. The maximum atomic E-state index is 12.7. The van der Waals surface area contributed by atoms with Gasteiger partial charge in [0.1, 0.15) is 12.1 Å². The molecule has 4 rings (SSSR count). The average molecular weight is 532 g/mol. The second-order valence-electron chi connectivity index (χ2n) is 8.33. The van der Waals surface area contributed by atoms with E-state index < -0.39 is 0 Å². The summed E-state index contributed by atoms with van der Waals surface area (Å²) in [4.78, 5) is 45.8. The highest BCUT2D eigenvalue weighted by Crippen LogP contribution is 2.19. The van der Waals surface area contributed by atoms with Gasteiger partial charge in [-0.05, 0) is 24.1 Å². The first-order valence-electron chi connectivity index (χ1n) is 11.8. The van der Waals surface area contributed by atoms with Crippen LogP contribution in [0.15, 0.2) is 72.6 Å². The van der Waals surface area contributed by atoms with Crippen LogP contribution in [0.5, 0.6) is 0 Å². The first-order valence-corrected chi connectivity index (χ1v) is 12.2. The zero-order valence-electron chi connectivity index (χ0n) is 20.4. The van der Waals surface area contributed by atoms with E-state index in [1.807, 2.05) is 30.3 Å². The molecule has 0 saturated carbocycles. The van der Waals surface area contributed by atoms with E-state index in [0.717, 1.165) is 5.56 Å². The van der Waals surface area contributed by atoms with E-state index >= 15 is 0 Å². The third kappa shape index (κ3) is 6.98. The van der Waals surface area contributed by atoms with Gasteiger partial charge in [-0.15, -0.1) is 6.58 Å². The van der Waals surface area contributed by atoms with Crippen molar-refractivity contribution in [3.05, 3.63) is 83.9 Å². The Morgan fingerprint density at radius 2 is 1.95 bits per heavy atom. The van der Waals surface area contributed by atoms with E-state index in [2.05, 4.69) is 42.1 Å². The molecule has 3 aromatic heterocycles. The molecule has 0 aliphatic rings. The zero-order valence-corrected chi connectivity index (χ0v) is 21.2. The summed E-state index contributed by atoms with van der Waals surface area (Å²) in [5.41, 5.74) is 7.87. The lowest BCUT2D eigenvalue weighted by Gasteiger charge is -2.15. The minimum absolute atomic E-state index is 0.000130. The molecule has 4 aromatic rings. The second kappa shape index (κ2) is 12.5. The smallest absolute Gasteiger partial charge is 0.253 e. The number of anilines is 1. The van der Waals surface area contributed by atoms with Gasteiger partial charge >= 0.3 is 0 Å². The zero-order chi connectivity index (χ0) is 26.9. The van der Waals surface area contributed by atoms with Crippen LogP contribution in [0.3, 0.4) is 0 Å². The van der Waals surface area contributed by atoms with Crippen molar-refractivity contribution in [1.82, 2.24) is 35.1 Å². The number of halogens is 1. The summed E-state index contributed by atoms with van der Waals surface area (Å²) in [6, 6.07) is 12.8. The molecule has 0 aliphatic carbocycles. The number of nitrogens with zero attached hydrogens (tertiary/aromatic N) is 6. The molecule has 1 aromatic carbocycles. The van der Waals surface area contributed by atoms with Crippen molar-refractivity contribution >= 4 is 52.6 Å². The maximum Gasteiger partial charge on any atom is 0.253 e. The first kappa shape index (κ1) is 26.4. The summed E-state index contributed by atoms with van der Waals surface area (Å²) in [5, 5.41) is 5.95. The number of rotatable bonds is 11. The standard InChI is InChI=1S/C26H26ClN9O2/c1-2-6-19(33-21(37)15-36-16-32-22-23(27)34-26(28)35-24(22)36)11-12-29-20-10-9-18(14-30-20)25(38)31-13-17-7-4-3-5-8-17/h2-5,7-10,12,14,16,19H,1,6,11,13,15H2,(H,31,38)(H,33,37)(H2,28,34,35). The summed E-state index contributed by atoms with van der Waals surface area (Å²) in [6.07, 6.45) is 7.33. The normalized spacial score (nSPS) is 11.9. The van der Waals surface area contributed by atoms with Crippen LogP contribution >= 0.6 is 11.6 Å². The summed E-state index contributed by atoms with van der Waals surface area (Å²) in [5.74, 6) is -0.0123. The Balaban J connectivity index is 1.30. The number of fused-ring (bicyclic) bond motifs is 1. The van der Waals surface area contributed by atoms with Crippen molar-refractivity contribution in [1.29, 1.82) is 0 Å². The van der Waals surface area contributed by atoms with Gasteiger partial charge in [0.05, 0.1) is 11.9 Å². The molecule has 0 fully saturated rings. The number of amides is 2. The number of carbonyl (C=O) groups is 2. The Bertz CT molecular complexity index is 1450. The molecule has 4 N–H and O–H groups in total. The van der Waals surface area contributed by atoms with E-state index in [9.17, 15) is 9.59 Å². The van der Waals surface area contributed by atoms with Crippen molar-refractivity contribution in [2.24, 2.45) is 4.99 Å². The Labute approximate surface area is 223 Å². The molecule has 0 bridgehead atoms. The molecule has 1 atom stereocenters. The van der Waals surface area contributed by atoms with Crippen molar-refractivity contribution < 1.29 is 9.59 Å². The Morgan fingerprint density at radius 3 is 2.68 bits per heavy atom. The summed E-state index contributed by atoms with van der Waals surface area (Å²) in [6.45, 7) is 4.17. The van der Waals surface area contributed by atoms with Gasteiger partial charge in [0.2, 0.25) is 11.9 Å². The van der Waals surface area contributed by atoms with Crippen molar-refractivity contribution in [3.8, 4) is 0 Å². The lowest BCUT2D eigenvalue weighted by Crippen LogP contribution is -2.37. The molecule has 3 heterocycles. The first-order chi connectivity index (χ1) is 18.4. The van der Waals surface area contributed by atoms with Gasteiger partial charge in [-0.3, -0.25) is 9.59 Å². The minimum atomic E-state index is -0.248. The van der Waals surface area contributed by atoms with Gasteiger partial charge in [0, 0.05) is 31.4 Å². The van der Waals surface area contributed by atoms with E-state index in [-0.39, 0.29) is 35.5 Å². The molecule has 12 heteroatoms. The van der Waals surface area contributed by atoms with Crippen molar-refractivity contribution in [3.63, 3.8) is 0 Å². The molecule has 194 valence electrons. The van der Waals surface area contributed by atoms with Gasteiger partial charge in [0.25, 0.3) is 5.91 Å². The third-order valence-corrected chi connectivity index (χ3v) is 5.75. The van der Waals surface area contributed by atoms with Crippen LogP contribution in [0, 0.1) is 0 Å². The number of aliphatic imine (C=N–C) groups is 1. The lowest BCUT2D eigenvalue weighted by molar-refractivity contribution is -0.122. The number of nitrogens with one attached hydrogen (secondary N) is 2. The summed E-state index contributed by atoms with van der Waals surface area (Å²) in [7, 11) is 0. The van der Waals surface area contributed by atoms with E-state index in [1.54, 1.807) is 29.0 Å². The highest BCUT2D eigenvalue weighted by molar-refractivity contribution is 6.33. The number of hydrogen-bond donors (Lipinski definition) is 3. The number of imidazole rings is 1. The van der Waals surface area contributed by atoms with Crippen LogP contribution in [-0.4, -0.2) is 48.6 Å². The molecule has 2 amide bonds. The van der Waals surface area contributed by atoms with Crippen LogP contribution in [0.4, 0.5) is 11.8 Å². The fourth-order valence-electron chi connectivity index (χ4n) is 3.64. The number of benzene rings is 1. The quantitative estimate of drug-likeness (QED) is 0.152. The van der Waals surface area contributed by atoms with Crippen LogP contribution in [0.2, 0.25) is 5.15 Å². The fraction of sp³-hybridized carbons (Fsp3) is 0.192. The number of nitrogens with two attached hydrogens (primary N) is 1. The van der Waals surface area contributed by atoms with Gasteiger partial charge in [-0.25, -0.2) is 15.0 Å². The molecule has 0 spiro atoms. The van der Waals surface area contributed by atoms with Crippen LogP contribution in [0.25, 0.3) is 11.2 Å². The Morgan fingerprint density at radius 1 is 1.13 bits per heavy atom. The van der Waals surface area contributed by atoms with Crippen LogP contribution in [-0.2, 0) is 17.9 Å². The molecule has 38 heavy (non-hydrogen) atoms. The largest absolute Gasteiger partial charge is 0.368 e. The van der Waals surface area contributed by atoms with Gasteiger partial charge in [0.15, 0.2) is 16.6 Å². The third-order valence-electron chi connectivity index (χ3n) is 5.49.